The van der Waals surface area contributed by atoms with Gasteiger partial charge in [0.1, 0.15) is 5.69 Å². The predicted molar refractivity (Wildman–Crippen MR) is 77.5 cm³/mol. The van der Waals surface area contributed by atoms with Gasteiger partial charge < -0.3 is 10.3 Å². The molecule has 0 aliphatic rings. The van der Waals surface area contributed by atoms with Crippen LogP contribution in [0.4, 0.5) is 0 Å². The molecule has 0 aromatic carbocycles. The minimum absolute atomic E-state index is 0.278. The SMILES string of the molecule is CSCC[C@@H](N)c1nc(-c2ncc(Cl)cc2Cl)no1. The van der Waals surface area contributed by atoms with E-state index in [1.807, 2.05) is 6.26 Å². The zero-order valence-corrected chi connectivity index (χ0v) is 12.5. The first-order valence-electron chi connectivity index (χ1n) is 5.51. The van der Waals surface area contributed by atoms with Crippen molar-refractivity contribution in [3.05, 3.63) is 28.2 Å². The van der Waals surface area contributed by atoms with Crippen LogP contribution in [-0.2, 0) is 0 Å². The Balaban J connectivity index is 2.20. The average molecular weight is 319 g/mol. The number of hydrogen-bond donors (Lipinski definition) is 1. The number of hydrogen-bond acceptors (Lipinski definition) is 6. The molecule has 2 aromatic heterocycles. The van der Waals surface area contributed by atoms with Crippen molar-refractivity contribution in [3.8, 4) is 11.5 Å². The molecular formula is C11H12Cl2N4OS. The number of rotatable bonds is 5. The topological polar surface area (TPSA) is 77.8 Å². The molecule has 0 aliphatic heterocycles. The van der Waals surface area contributed by atoms with Gasteiger partial charge in [0.25, 0.3) is 0 Å². The van der Waals surface area contributed by atoms with E-state index in [0.717, 1.165) is 12.2 Å². The fraction of sp³-hybridized carbons (Fsp3) is 0.364. The van der Waals surface area contributed by atoms with Gasteiger partial charge in [0, 0.05) is 6.20 Å². The molecule has 2 rings (SSSR count). The summed E-state index contributed by atoms with van der Waals surface area (Å²) in [4.78, 5) is 8.31. The Morgan fingerprint density at radius 1 is 1.47 bits per heavy atom. The van der Waals surface area contributed by atoms with Crippen LogP contribution in [0.25, 0.3) is 11.5 Å². The maximum Gasteiger partial charge on any atom is 0.243 e. The first-order valence-corrected chi connectivity index (χ1v) is 7.66. The Hall–Kier alpha value is -0.820. The standard InChI is InChI=1S/C11H12Cl2N4OS/c1-19-3-2-8(14)11-16-10(17-18-11)9-7(13)4-6(12)5-15-9/h4-5,8H,2-3,14H2,1H3/t8-/m1/s1. The van der Waals surface area contributed by atoms with E-state index in [0.29, 0.717) is 27.5 Å². The summed E-state index contributed by atoms with van der Waals surface area (Å²) in [5.41, 5.74) is 6.38. The molecule has 0 fully saturated rings. The molecular weight excluding hydrogens is 307 g/mol. The van der Waals surface area contributed by atoms with E-state index in [1.54, 1.807) is 17.8 Å². The molecule has 19 heavy (non-hydrogen) atoms. The van der Waals surface area contributed by atoms with Crippen molar-refractivity contribution in [3.63, 3.8) is 0 Å². The summed E-state index contributed by atoms with van der Waals surface area (Å²) in [6.07, 6.45) is 4.26. The molecule has 0 radical (unpaired) electrons. The lowest BCUT2D eigenvalue weighted by Crippen LogP contribution is -2.11. The highest BCUT2D eigenvalue weighted by atomic mass is 35.5. The molecule has 102 valence electrons. The van der Waals surface area contributed by atoms with Crippen LogP contribution in [0, 0.1) is 0 Å². The number of pyridine rings is 1. The van der Waals surface area contributed by atoms with Crippen molar-refractivity contribution in [2.45, 2.75) is 12.5 Å². The van der Waals surface area contributed by atoms with Crippen molar-refractivity contribution < 1.29 is 4.52 Å². The third-order valence-electron chi connectivity index (χ3n) is 2.41. The molecule has 0 aliphatic carbocycles. The summed E-state index contributed by atoms with van der Waals surface area (Å²) in [5.74, 6) is 1.63. The van der Waals surface area contributed by atoms with Crippen LogP contribution < -0.4 is 5.73 Å². The van der Waals surface area contributed by atoms with E-state index >= 15 is 0 Å². The van der Waals surface area contributed by atoms with Crippen LogP contribution in [0.15, 0.2) is 16.8 Å². The lowest BCUT2D eigenvalue weighted by Gasteiger charge is -2.03. The molecule has 5 nitrogen and oxygen atoms in total. The predicted octanol–water partition coefficient (Wildman–Crippen LogP) is 3.19. The number of nitrogens with zero attached hydrogens (tertiary/aromatic N) is 3. The van der Waals surface area contributed by atoms with Crippen molar-refractivity contribution >= 4 is 35.0 Å². The van der Waals surface area contributed by atoms with Crippen molar-refractivity contribution in [1.82, 2.24) is 15.1 Å². The molecule has 2 aromatic rings. The van der Waals surface area contributed by atoms with Gasteiger partial charge in [-0.1, -0.05) is 28.4 Å². The molecule has 0 saturated heterocycles. The van der Waals surface area contributed by atoms with Crippen LogP contribution in [-0.4, -0.2) is 27.1 Å². The van der Waals surface area contributed by atoms with Crippen LogP contribution in [0.2, 0.25) is 10.0 Å². The third-order valence-corrected chi connectivity index (χ3v) is 3.55. The third kappa shape index (κ3) is 3.60. The van der Waals surface area contributed by atoms with Crippen LogP contribution >= 0.6 is 35.0 Å². The number of halogens is 2. The van der Waals surface area contributed by atoms with E-state index in [9.17, 15) is 0 Å². The molecule has 8 heteroatoms. The Bertz CT molecular complexity index is 563. The monoisotopic (exact) mass is 318 g/mol. The van der Waals surface area contributed by atoms with Crippen molar-refractivity contribution in [1.29, 1.82) is 0 Å². The minimum Gasteiger partial charge on any atom is -0.337 e. The van der Waals surface area contributed by atoms with E-state index < -0.39 is 0 Å². The normalized spacial score (nSPS) is 12.6. The largest absolute Gasteiger partial charge is 0.337 e. The number of nitrogens with two attached hydrogens (primary N) is 1. The molecule has 0 amide bonds. The molecule has 0 bridgehead atoms. The lowest BCUT2D eigenvalue weighted by molar-refractivity contribution is 0.353. The first-order chi connectivity index (χ1) is 9.11. The second-order valence-electron chi connectivity index (χ2n) is 3.83. The Kier molecular flexibility index (Phi) is 5.04. The molecule has 1 atom stereocenters. The van der Waals surface area contributed by atoms with Crippen LogP contribution in [0.1, 0.15) is 18.4 Å². The second kappa shape index (κ2) is 6.56. The molecule has 2 N–H and O–H groups in total. The van der Waals surface area contributed by atoms with Crippen molar-refractivity contribution in [2.75, 3.05) is 12.0 Å². The van der Waals surface area contributed by atoms with Gasteiger partial charge in [0.15, 0.2) is 0 Å². The highest BCUT2D eigenvalue weighted by molar-refractivity contribution is 7.98. The van der Waals surface area contributed by atoms with Gasteiger partial charge in [-0.3, -0.25) is 0 Å². The van der Waals surface area contributed by atoms with E-state index in [2.05, 4.69) is 15.1 Å². The highest BCUT2D eigenvalue weighted by Gasteiger charge is 2.17. The van der Waals surface area contributed by atoms with Gasteiger partial charge in [-0.25, -0.2) is 4.98 Å². The summed E-state index contributed by atoms with van der Waals surface area (Å²) < 4.78 is 5.14. The van der Waals surface area contributed by atoms with E-state index in [1.165, 1.54) is 6.20 Å². The number of thioether (sulfide) groups is 1. The van der Waals surface area contributed by atoms with Gasteiger partial charge in [0.05, 0.1) is 16.1 Å². The quantitative estimate of drug-likeness (QED) is 0.912. The maximum atomic E-state index is 6.03. The smallest absolute Gasteiger partial charge is 0.243 e. The maximum absolute atomic E-state index is 6.03. The van der Waals surface area contributed by atoms with Gasteiger partial charge in [0.2, 0.25) is 11.7 Å². The van der Waals surface area contributed by atoms with Crippen LogP contribution in [0.3, 0.4) is 0 Å². The Morgan fingerprint density at radius 2 is 2.26 bits per heavy atom. The van der Waals surface area contributed by atoms with Gasteiger partial charge >= 0.3 is 0 Å². The lowest BCUT2D eigenvalue weighted by atomic mass is 10.2. The summed E-state index contributed by atoms with van der Waals surface area (Å²) in [6, 6.07) is 1.30. The van der Waals surface area contributed by atoms with E-state index in [4.69, 9.17) is 33.5 Å². The van der Waals surface area contributed by atoms with Gasteiger partial charge in [-0.2, -0.15) is 16.7 Å². The first kappa shape index (κ1) is 14.6. The summed E-state index contributed by atoms with van der Waals surface area (Å²) in [5, 5.41) is 4.67. The molecule has 0 unspecified atom stereocenters. The summed E-state index contributed by atoms with van der Waals surface area (Å²) in [6.45, 7) is 0. The van der Waals surface area contributed by atoms with Gasteiger partial charge in [-0.05, 0) is 24.5 Å². The summed E-state index contributed by atoms with van der Waals surface area (Å²) in [7, 11) is 0. The fourth-order valence-corrected chi connectivity index (χ4v) is 2.38. The fourth-order valence-electron chi connectivity index (χ4n) is 1.43. The summed E-state index contributed by atoms with van der Waals surface area (Å²) >= 11 is 13.5. The molecule has 2 heterocycles. The van der Waals surface area contributed by atoms with Gasteiger partial charge in [-0.15, -0.1) is 0 Å². The second-order valence-corrected chi connectivity index (χ2v) is 5.66. The molecule has 0 spiro atoms. The van der Waals surface area contributed by atoms with Crippen molar-refractivity contribution in [2.24, 2.45) is 5.73 Å². The van der Waals surface area contributed by atoms with Crippen LogP contribution in [0.5, 0.6) is 0 Å². The highest BCUT2D eigenvalue weighted by Crippen LogP contribution is 2.26. The zero-order valence-electron chi connectivity index (χ0n) is 10.1. The van der Waals surface area contributed by atoms with E-state index in [-0.39, 0.29) is 6.04 Å². The Labute approximate surface area is 124 Å². The number of aromatic nitrogens is 3. The average Bonchev–Trinajstić information content (AvgIpc) is 2.85. The zero-order chi connectivity index (χ0) is 13.8. The minimum atomic E-state index is -0.278. The molecule has 0 saturated carbocycles. The Morgan fingerprint density at radius 3 is 2.95 bits per heavy atom.